The van der Waals surface area contributed by atoms with Gasteiger partial charge in [0, 0.05) is 13.1 Å². The van der Waals surface area contributed by atoms with Crippen molar-refractivity contribution in [3.63, 3.8) is 0 Å². The third-order valence-corrected chi connectivity index (χ3v) is 4.83. The lowest BCUT2D eigenvalue weighted by atomic mass is 9.91. The summed E-state index contributed by atoms with van der Waals surface area (Å²) in [4.78, 5) is 13.3. The highest BCUT2D eigenvalue weighted by molar-refractivity contribution is 4.83. The Labute approximate surface area is 123 Å². The van der Waals surface area contributed by atoms with Crippen LogP contribution in [-0.2, 0) is 9.78 Å². The zero-order chi connectivity index (χ0) is 14.1. The van der Waals surface area contributed by atoms with Crippen molar-refractivity contribution in [2.75, 3.05) is 19.9 Å². The van der Waals surface area contributed by atoms with Gasteiger partial charge in [-0.25, -0.2) is 9.78 Å². The number of nitrogens with zero attached hydrogens (tertiary/aromatic N) is 1. The number of likely N-dealkylation sites (tertiary alicyclic amines) is 1. The third-order valence-electron chi connectivity index (χ3n) is 4.83. The quantitative estimate of drug-likeness (QED) is 0.487. The maximum Gasteiger partial charge on any atom is 0.178 e. The molecular weight excluding hydrogens is 254 g/mol. The average Bonchev–Trinajstić information content (AvgIpc) is 2.38. The van der Waals surface area contributed by atoms with Gasteiger partial charge in [-0.05, 0) is 38.5 Å². The second-order valence-electron chi connectivity index (χ2n) is 6.30. The molecule has 118 valence electrons. The summed E-state index contributed by atoms with van der Waals surface area (Å²) in [5.74, 6) is 0. The highest BCUT2D eigenvalue weighted by Crippen LogP contribution is 2.34. The van der Waals surface area contributed by atoms with Crippen molar-refractivity contribution in [3.8, 4) is 0 Å². The van der Waals surface area contributed by atoms with Crippen LogP contribution in [0.3, 0.4) is 0 Å². The van der Waals surface area contributed by atoms with Crippen LogP contribution >= 0.6 is 0 Å². The molecule has 0 bridgehead atoms. The average molecular weight is 285 g/mol. The summed E-state index contributed by atoms with van der Waals surface area (Å²) in [5.41, 5.74) is -0.291. The van der Waals surface area contributed by atoms with Crippen molar-refractivity contribution in [3.05, 3.63) is 0 Å². The summed E-state index contributed by atoms with van der Waals surface area (Å²) in [6.07, 6.45) is 14.9. The van der Waals surface area contributed by atoms with Crippen LogP contribution in [-0.4, -0.2) is 35.6 Å². The molecule has 0 amide bonds. The Morgan fingerprint density at radius 3 is 1.80 bits per heavy atom. The van der Waals surface area contributed by atoms with Gasteiger partial charge < -0.3 is 5.11 Å². The van der Waals surface area contributed by atoms with E-state index >= 15 is 0 Å². The van der Waals surface area contributed by atoms with Gasteiger partial charge in [0.05, 0.1) is 0 Å². The first kappa shape index (κ1) is 16.2. The van der Waals surface area contributed by atoms with Crippen molar-refractivity contribution in [2.45, 2.75) is 82.8 Å². The van der Waals surface area contributed by atoms with E-state index in [1.165, 1.54) is 64.2 Å². The van der Waals surface area contributed by atoms with E-state index in [2.05, 4.69) is 4.90 Å². The number of hydrogen-bond acceptors (Lipinski definition) is 4. The molecule has 4 nitrogen and oxygen atoms in total. The molecule has 0 aromatic rings. The summed E-state index contributed by atoms with van der Waals surface area (Å²) >= 11 is 0. The first-order chi connectivity index (χ1) is 9.87. The minimum Gasteiger partial charge on any atom is -0.368 e. The molecule has 0 radical (unpaired) electrons. The van der Waals surface area contributed by atoms with Crippen molar-refractivity contribution in [1.82, 2.24) is 4.90 Å². The van der Waals surface area contributed by atoms with Crippen LogP contribution in [0.5, 0.6) is 0 Å². The van der Waals surface area contributed by atoms with Gasteiger partial charge in [0.15, 0.2) is 12.5 Å². The standard InChI is InChI=1S/C16H31NO3/c18-15-19-20-16(11-7-3-1-4-8-12-16)17-13-9-5-2-6-10-14-17/h18H,1-15H2. The number of aliphatic hydroxyl groups excluding tert-OH is 1. The summed E-state index contributed by atoms with van der Waals surface area (Å²) < 4.78 is 0. The summed E-state index contributed by atoms with van der Waals surface area (Å²) in [7, 11) is 0. The molecule has 2 aliphatic rings. The lowest BCUT2D eigenvalue weighted by molar-refractivity contribution is -0.421. The van der Waals surface area contributed by atoms with Gasteiger partial charge >= 0.3 is 0 Å². The molecule has 0 spiro atoms. The highest BCUT2D eigenvalue weighted by Gasteiger charge is 2.38. The van der Waals surface area contributed by atoms with Crippen LogP contribution in [0.2, 0.25) is 0 Å². The molecule has 0 aromatic heterocycles. The topological polar surface area (TPSA) is 41.9 Å². The molecule has 1 N–H and O–H groups in total. The fraction of sp³-hybridized carbons (Fsp3) is 1.00. The van der Waals surface area contributed by atoms with E-state index in [1.54, 1.807) is 0 Å². The Hall–Kier alpha value is -0.160. The zero-order valence-corrected chi connectivity index (χ0v) is 12.8. The number of rotatable bonds is 4. The molecule has 1 aliphatic carbocycles. The Balaban J connectivity index is 2.04. The first-order valence-electron chi connectivity index (χ1n) is 8.54. The second kappa shape index (κ2) is 8.98. The Kier molecular flexibility index (Phi) is 7.28. The number of hydrogen-bond donors (Lipinski definition) is 1. The highest BCUT2D eigenvalue weighted by atomic mass is 17.2. The largest absolute Gasteiger partial charge is 0.368 e. The van der Waals surface area contributed by atoms with E-state index in [9.17, 15) is 0 Å². The molecule has 1 saturated carbocycles. The van der Waals surface area contributed by atoms with Gasteiger partial charge in [0.1, 0.15) is 0 Å². The van der Waals surface area contributed by atoms with Crippen LogP contribution < -0.4 is 0 Å². The Morgan fingerprint density at radius 2 is 1.25 bits per heavy atom. The number of aliphatic hydroxyl groups is 1. The zero-order valence-electron chi connectivity index (χ0n) is 12.8. The smallest absolute Gasteiger partial charge is 0.178 e. The summed E-state index contributed by atoms with van der Waals surface area (Å²) in [6.45, 7) is 1.86. The molecule has 1 aliphatic heterocycles. The fourth-order valence-electron chi connectivity index (χ4n) is 3.70. The summed E-state index contributed by atoms with van der Waals surface area (Å²) in [6, 6.07) is 0. The predicted molar refractivity (Wildman–Crippen MR) is 79.0 cm³/mol. The maximum absolute atomic E-state index is 8.97. The van der Waals surface area contributed by atoms with Crippen LogP contribution in [0.4, 0.5) is 0 Å². The second-order valence-corrected chi connectivity index (χ2v) is 6.30. The normalized spacial score (nSPS) is 26.2. The van der Waals surface area contributed by atoms with Crippen LogP contribution in [0, 0.1) is 0 Å². The molecule has 4 heteroatoms. The van der Waals surface area contributed by atoms with Gasteiger partial charge in [0.25, 0.3) is 0 Å². The van der Waals surface area contributed by atoms with E-state index in [0.29, 0.717) is 0 Å². The van der Waals surface area contributed by atoms with Gasteiger partial charge in [0.2, 0.25) is 0 Å². The van der Waals surface area contributed by atoms with Crippen LogP contribution in [0.25, 0.3) is 0 Å². The molecule has 0 unspecified atom stereocenters. The Bertz CT molecular complexity index is 239. The third kappa shape index (κ3) is 4.69. The van der Waals surface area contributed by atoms with E-state index in [4.69, 9.17) is 14.9 Å². The molecule has 1 heterocycles. The van der Waals surface area contributed by atoms with E-state index in [1.807, 2.05) is 0 Å². The summed E-state index contributed by atoms with van der Waals surface area (Å²) in [5, 5.41) is 8.97. The van der Waals surface area contributed by atoms with E-state index in [-0.39, 0.29) is 12.5 Å². The van der Waals surface area contributed by atoms with Crippen molar-refractivity contribution >= 4 is 0 Å². The minimum atomic E-state index is -0.352. The molecule has 0 atom stereocenters. The van der Waals surface area contributed by atoms with Gasteiger partial charge in [-0.2, -0.15) is 0 Å². The first-order valence-corrected chi connectivity index (χ1v) is 8.54. The van der Waals surface area contributed by atoms with Crippen molar-refractivity contribution in [2.24, 2.45) is 0 Å². The Morgan fingerprint density at radius 1 is 0.750 bits per heavy atom. The van der Waals surface area contributed by atoms with Gasteiger partial charge in [-0.3, -0.25) is 4.90 Å². The van der Waals surface area contributed by atoms with Crippen LogP contribution in [0.15, 0.2) is 0 Å². The monoisotopic (exact) mass is 285 g/mol. The maximum atomic E-state index is 8.97. The SMILES string of the molecule is OCOOC1(N2CCCCCCC2)CCCCCCC1. The molecule has 2 fully saturated rings. The van der Waals surface area contributed by atoms with Crippen molar-refractivity contribution < 1.29 is 14.9 Å². The molecule has 2 rings (SSSR count). The van der Waals surface area contributed by atoms with E-state index < -0.39 is 0 Å². The predicted octanol–water partition coefficient (Wildman–Crippen LogP) is 3.59. The fourth-order valence-corrected chi connectivity index (χ4v) is 3.70. The van der Waals surface area contributed by atoms with Crippen LogP contribution in [0.1, 0.15) is 77.0 Å². The molecule has 20 heavy (non-hydrogen) atoms. The van der Waals surface area contributed by atoms with Gasteiger partial charge in [-0.15, -0.1) is 0 Å². The molecule has 0 aromatic carbocycles. The van der Waals surface area contributed by atoms with Gasteiger partial charge in [-0.1, -0.05) is 38.5 Å². The molecule has 1 saturated heterocycles. The lowest BCUT2D eigenvalue weighted by Crippen LogP contribution is -2.52. The lowest BCUT2D eigenvalue weighted by Gasteiger charge is -2.44. The molecular formula is C16H31NO3. The van der Waals surface area contributed by atoms with Crippen molar-refractivity contribution in [1.29, 1.82) is 0 Å². The minimum absolute atomic E-state index is 0.291. The van der Waals surface area contributed by atoms with E-state index in [0.717, 1.165) is 25.9 Å².